The molecular formula is C16H25N5O2. The average Bonchev–Trinajstić information content (AvgIpc) is 2.56. The van der Waals surface area contributed by atoms with Crippen LogP contribution in [0.3, 0.4) is 0 Å². The van der Waals surface area contributed by atoms with Gasteiger partial charge < -0.3 is 19.9 Å². The molecule has 1 aromatic rings. The van der Waals surface area contributed by atoms with Crippen LogP contribution in [0.25, 0.3) is 0 Å². The third kappa shape index (κ3) is 3.55. The molecule has 7 heteroatoms. The molecule has 1 aromatic heterocycles. The summed E-state index contributed by atoms with van der Waals surface area (Å²) < 4.78 is 5.31. The van der Waals surface area contributed by atoms with Crippen LogP contribution in [0.5, 0.6) is 5.88 Å². The van der Waals surface area contributed by atoms with Gasteiger partial charge >= 0.3 is 0 Å². The van der Waals surface area contributed by atoms with Gasteiger partial charge in [-0.2, -0.15) is 4.98 Å². The number of nitrogens with one attached hydrogen (secondary N) is 1. The van der Waals surface area contributed by atoms with Gasteiger partial charge in [0, 0.05) is 38.4 Å². The van der Waals surface area contributed by atoms with Crippen molar-refractivity contribution in [1.29, 1.82) is 0 Å². The number of nitrogens with zero attached hydrogens (tertiary/aromatic N) is 4. The van der Waals surface area contributed by atoms with Crippen molar-refractivity contribution in [2.24, 2.45) is 5.92 Å². The first-order chi connectivity index (χ1) is 11.1. The Labute approximate surface area is 137 Å². The molecule has 3 saturated heterocycles. The highest BCUT2D eigenvalue weighted by molar-refractivity contribution is 5.79. The Bertz CT molecular complexity index is 570. The summed E-state index contributed by atoms with van der Waals surface area (Å²) in [5.74, 6) is 1.68. The summed E-state index contributed by atoms with van der Waals surface area (Å²) in [7, 11) is 5.31. The molecule has 1 N–H and O–H groups in total. The highest BCUT2D eigenvalue weighted by Crippen LogP contribution is 2.27. The SMILES string of the molecule is COc1nc(N(C)C)ncc1CC(=O)NC1CN2CCC1CC2. The van der Waals surface area contributed by atoms with Crippen molar-refractivity contribution in [2.75, 3.05) is 45.7 Å². The first-order valence-corrected chi connectivity index (χ1v) is 8.15. The van der Waals surface area contributed by atoms with Crippen LogP contribution >= 0.6 is 0 Å². The zero-order valence-corrected chi connectivity index (χ0v) is 14.1. The lowest BCUT2D eigenvalue weighted by Gasteiger charge is -2.44. The summed E-state index contributed by atoms with van der Waals surface area (Å²) in [5.41, 5.74) is 0.719. The molecule has 3 aliphatic rings. The summed E-state index contributed by atoms with van der Waals surface area (Å²) in [6.45, 7) is 3.32. The molecule has 0 saturated carbocycles. The summed E-state index contributed by atoms with van der Waals surface area (Å²) in [4.78, 5) is 25.2. The Morgan fingerprint density at radius 3 is 2.74 bits per heavy atom. The lowest BCUT2D eigenvalue weighted by molar-refractivity contribution is -0.122. The van der Waals surface area contributed by atoms with Gasteiger partial charge in [-0.15, -0.1) is 0 Å². The van der Waals surface area contributed by atoms with E-state index in [2.05, 4.69) is 20.2 Å². The van der Waals surface area contributed by atoms with Gasteiger partial charge in [0.2, 0.25) is 17.7 Å². The van der Waals surface area contributed by atoms with Crippen LogP contribution in [0.2, 0.25) is 0 Å². The number of amides is 1. The number of hydrogen-bond donors (Lipinski definition) is 1. The van der Waals surface area contributed by atoms with Crippen LogP contribution in [-0.4, -0.2) is 67.7 Å². The van der Waals surface area contributed by atoms with Crippen molar-refractivity contribution in [1.82, 2.24) is 20.2 Å². The molecule has 1 unspecified atom stereocenters. The quantitative estimate of drug-likeness (QED) is 0.842. The van der Waals surface area contributed by atoms with Crippen LogP contribution in [0.1, 0.15) is 18.4 Å². The van der Waals surface area contributed by atoms with Crippen molar-refractivity contribution in [3.63, 3.8) is 0 Å². The number of fused-ring (bicyclic) bond motifs is 3. The van der Waals surface area contributed by atoms with Crippen molar-refractivity contribution < 1.29 is 9.53 Å². The van der Waals surface area contributed by atoms with Gasteiger partial charge in [0.1, 0.15) is 0 Å². The summed E-state index contributed by atoms with van der Waals surface area (Å²) in [6.07, 6.45) is 4.31. The number of methoxy groups -OCH3 is 1. The van der Waals surface area contributed by atoms with Crippen LogP contribution in [0.4, 0.5) is 5.95 Å². The molecule has 0 spiro atoms. The first kappa shape index (κ1) is 16.0. The molecule has 1 amide bonds. The normalized spacial score (nSPS) is 26.0. The summed E-state index contributed by atoms with van der Waals surface area (Å²) in [6, 6.07) is 0.276. The predicted octanol–water partition coefficient (Wildman–Crippen LogP) is 0.304. The van der Waals surface area contributed by atoms with E-state index in [9.17, 15) is 4.79 Å². The smallest absolute Gasteiger partial charge is 0.228 e. The predicted molar refractivity (Wildman–Crippen MR) is 87.7 cm³/mol. The second-order valence-electron chi connectivity index (χ2n) is 6.59. The van der Waals surface area contributed by atoms with Crippen LogP contribution < -0.4 is 15.0 Å². The molecule has 0 radical (unpaired) electrons. The minimum atomic E-state index is 0.0169. The number of aromatic nitrogens is 2. The lowest BCUT2D eigenvalue weighted by Crippen LogP contribution is -2.57. The van der Waals surface area contributed by atoms with Gasteiger partial charge in [0.25, 0.3) is 0 Å². The minimum absolute atomic E-state index is 0.0169. The van der Waals surface area contributed by atoms with Crippen molar-refractivity contribution in [3.05, 3.63) is 11.8 Å². The number of ether oxygens (including phenoxy) is 1. The largest absolute Gasteiger partial charge is 0.481 e. The van der Waals surface area contributed by atoms with E-state index in [0.29, 0.717) is 17.7 Å². The van der Waals surface area contributed by atoms with Crippen molar-refractivity contribution in [2.45, 2.75) is 25.3 Å². The minimum Gasteiger partial charge on any atom is -0.481 e. The molecule has 1 atom stereocenters. The first-order valence-electron chi connectivity index (χ1n) is 8.15. The number of piperidine rings is 3. The van der Waals surface area contributed by atoms with E-state index >= 15 is 0 Å². The highest BCUT2D eigenvalue weighted by Gasteiger charge is 2.34. The number of carbonyl (C=O) groups excluding carboxylic acids is 1. The van der Waals surface area contributed by atoms with Crippen LogP contribution in [0, 0.1) is 5.92 Å². The zero-order chi connectivity index (χ0) is 16.4. The molecule has 126 valence electrons. The van der Waals surface area contributed by atoms with Gasteiger partial charge in [-0.1, -0.05) is 0 Å². The van der Waals surface area contributed by atoms with Crippen LogP contribution in [-0.2, 0) is 11.2 Å². The Balaban J connectivity index is 1.63. The number of rotatable bonds is 5. The second-order valence-corrected chi connectivity index (χ2v) is 6.59. The van der Waals surface area contributed by atoms with E-state index in [1.807, 2.05) is 14.1 Å². The van der Waals surface area contributed by atoms with Gasteiger partial charge in [-0.25, -0.2) is 4.98 Å². The summed E-state index contributed by atoms with van der Waals surface area (Å²) in [5, 5.41) is 3.19. The highest BCUT2D eigenvalue weighted by atomic mass is 16.5. The molecule has 4 heterocycles. The maximum atomic E-state index is 12.4. The molecular weight excluding hydrogens is 294 g/mol. The van der Waals surface area contributed by atoms with E-state index in [1.165, 1.54) is 25.9 Å². The van der Waals surface area contributed by atoms with Crippen molar-refractivity contribution in [3.8, 4) is 5.88 Å². The van der Waals surface area contributed by atoms with Crippen LogP contribution in [0.15, 0.2) is 6.20 Å². The lowest BCUT2D eigenvalue weighted by atomic mass is 9.84. The Morgan fingerprint density at radius 1 is 1.43 bits per heavy atom. The topological polar surface area (TPSA) is 70.6 Å². The molecule has 0 aromatic carbocycles. The Hall–Kier alpha value is -1.89. The fourth-order valence-electron chi connectivity index (χ4n) is 3.46. The number of anilines is 1. The van der Waals surface area contributed by atoms with E-state index < -0.39 is 0 Å². The molecule has 3 fully saturated rings. The average molecular weight is 319 g/mol. The van der Waals surface area contributed by atoms with E-state index in [4.69, 9.17) is 4.74 Å². The number of hydrogen-bond acceptors (Lipinski definition) is 6. The third-order valence-electron chi connectivity index (χ3n) is 4.76. The maximum Gasteiger partial charge on any atom is 0.228 e. The molecule has 7 nitrogen and oxygen atoms in total. The number of carbonyl (C=O) groups is 1. The maximum absolute atomic E-state index is 12.4. The molecule has 3 aliphatic heterocycles. The van der Waals surface area contributed by atoms with E-state index in [1.54, 1.807) is 18.2 Å². The van der Waals surface area contributed by atoms with Gasteiger partial charge in [-0.05, 0) is 31.8 Å². The van der Waals surface area contributed by atoms with Gasteiger partial charge in [0.15, 0.2) is 0 Å². The van der Waals surface area contributed by atoms with Crippen molar-refractivity contribution >= 4 is 11.9 Å². The molecule has 4 rings (SSSR count). The Kier molecular flexibility index (Phi) is 4.66. The molecule has 0 aliphatic carbocycles. The Morgan fingerprint density at radius 2 is 2.17 bits per heavy atom. The zero-order valence-electron chi connectivity index (χ0n) is 14.1. The van der Waals surface area contributed by atoms with E-state index in [-0.39, 0.29) is 18.4 Å². The second kappa shape index (κ2) is 6.70. The van der Waals surface area contributed by atoms with E-state index in [0.717, 1.165) is 12.1 Å². The molecule has 23 heavy (non-hydrogen) atoms. The summed E-state index contributed by atoms with van der Waals surface area (Å²) >= 11 is 0. The van der Waals surface area contributed by atoms with Gasteiger partial charge in [0.05, 0.1) is 13.5 Å². The third-order valence-corrected chi connectivity index (χ3v) is 4.76. The fourth-order valence-corrected chi connectivity index (χ4v) is 3.46. The standard InChI is InChI=1S/C16H25N5O2/c1-20(2)16-17-9-12(15(19-16)23-3)8-14(22)18-13-10-21-6-4-11(13)5-7-21/h9,11,13H,4-8,10H2,1-3H3,(H,18,22). The monoisotopic (exact) mass is 319 g/mol. The fraction of sp³-hybridized carbons (Fsp3) is 0.688. The molecule has 2 bridgehead atoms. The van der Waals surface area contributed by atoms with Gasteiger partial charge in [-0.3, -0.25) is 4.79 Å².